The van der Waals surface area contributed by atoms with Crippen molar-refractivity contribution in [2.24, 2.45) is 11.7 Å². The number of nitrogens with two attached hydrogens (primary N) is 1. The van der Waals surface area contributed by atoms with E-state index in [2.05, 4.69) is 10.3 Å². The van der Waals surface area contributed by atoms with Crippen LogP contribution >= 0.6 is 0 Å². The molecule has 1 fully saturated rings. The van der Waals surface area contributed by atoms with Gasteiger partial charge in [0.25, 0.3) is 5.91 Å². The lowest BCUT2D eigenvalue weighted by molar-refractivity contribution is -0.127. The fourth-order valence-corrected chi connectivity index (χ4v) is 2.55. The lowest BCUT2D eigenvalue weighted by Crippen LogP contribution is -2.30. The summed E-state index contributed by atoms with van der Waals surface area (Å²) in [6.07, 6.45) is 4.57. The Kier molecular flexibility index (Phi) is 6.15. The molecule has 2 unspecified atom stereocenters. The van der Waals surface area contributed by atoms with Gasteiger partial charge in [0, 0.05) is 26.1 Å². The summed E-state index contributed by atoms with van der Waals surface area (Å²) >= 11 is 0. The van der Waals surface area contributed by atoms with Crippen LogP contribution in [0.25, 0.3) is 0 Å². The van der Waals surface area contributed by atoms with Crippen LogP contribution in [0.15, 0.2) is 10.7 Å². The van der Waals surface area contributed by atoms with Gasteiger partial charge in [0.05, 0.1) is 6.04 Å². The molecule has 23 heavy (non-hydrogen) atoms. The number of hydrogen-bond donors (Lipinski definition) is 2. The monoisotopic (exact) mass is 322 g/mol. The third-order valence-electron chi connectivity index (χ3n) is 4.36. The Labute approximate surface area is 136 Å². The average Bonchev–Trinajstić information content (AvgIpc) is 3.19. The molecule has 7 heteroatoms. The van der Waals surface area contributed by atoms with E-state index in [0.29, 0.717) is 25.4 Å². The minimum Gasteiger partial charge on any atom is -0.446 e. The fourth-order valence-electron chi connectivity index (χ4n) is 2.55. The predicted octanol–water partition coefficient (Wildman–Crippen LogP) is 1.46. The molecule has 0 radical (unpaired) electrons. The summed E-state index contributed by atoms with van der Waals surface area (Å²) in [6, 6.07) is -0.303. The Morgan fingerprint density at radius 1 is 1.57 bits per heavy atom. The molecule has 1 saturated heterocycles. The summed E-state index contributed by atoms with van der Waals surface area (Å²) in [5.41, 5.74) is 6.29. The van der Waals surface area contributed by atoms with Crippen LogP contribution < -0.4 is 11.1 Å². The molecule has 1 aliphatic heterocycles. The molecule has 3 N–H and O–H groups in total. The smallest absolute Gasteiger partial charge is 0.273 e. The van der Waals surface area contributed by atoms with E-state index < -0.39 is 0 Å². The Morgan fingerprint density at radius 3 is 3.00 bits per heavy atom. The van der Waals surface area contributed by atoms with E-state index in [-0.39, 0.29) is 29.5 Å². The molecule has 1 aromatic heterocycles. The normalized spacial score (nSPS) is 17.3. The highest BCUT2D eigenvalue weighted by atomic mass is 16.3. The number of nitrogens with one attached hydrogen (secondary N) is 1. The minimum absolute atomic E-state index is 0.205. The first-order chi connectivity index (χ1) is 11.0. The SMILES string of the molecule is CCC(C)C(N)c1nc(C(=O)NCCCN2CCCC2=O)co1. The lowest BCUT2D eigenvalue weighted by atomic mass is 10.0. The Bertz CT molecular complexity index is 543. The largest absolute Gasteiger partial charge is 0.446 e. The van der Waals surface area contributed by atoms with Gasteiger partial charge in [-0.3, -0.25) is 9.59 Å². The average molecular weight is 322 g/mol. The van der Waals surface area contributed by atoms with E-state index in [1.165, 1.54) is 6.26 Å². The van der Waals surface area contributed by atoms with Gasteiger partial charge in [-0.25, -0.2) is 4.98 Å². The maximum atomic E-state index is 12.0. The minimum atomic E-state index is -0.303. The van der Waals surface area contributed by atoms with Gasteiger partial charge in [0.2, 0.25) is 11.8 Å². The third-order valence-corrected chi connectivity index (χ3v) is 4.36. The molecule has 0 bridgehead atoms. The van der Waals surface area contributed by atoms with Crippen molar-refractivity contribution in [1.29, 1.82) is 0 Å². The molecule has 128 valence electrons. The van der Waals surface area contributed by atoms with E-state index in [1.807, 2.05) is 18.7 Å². The van der Waals surface area contributed by atoms with Crippen molar-refractivity contribution in [3.63, 3.8) is 0 Å². The van der Waals surface area contributed by atoms with E-state index in [1.54, 1.807) is 0 Å². The van der Waals surface area contributed by atoms with Crippen LogP contribution in [0.5, 0.6) is 0 Å². The second-order valence-corrected chi connectivity index (χ2v) is 6.08. The van der Waals surface area contributed by atoms with Crippen LogP contribution in [-0.4, -0.2) is 41.3 Å². The van der Waals surface area contributed by atoms with Gasteiger partial charge >= 0.3 is 0 Å². The van der Waals surface area contributed by atoms with Crippen LogP contribution in [0.4, 0.5) is 0 Å². The number of aromatic nitrogens is 1. The number of hydrogen-bond acceptors (Lipinski definition) is 5. The molecule has 0 spiro atoms. The Morgan fingerprint density at radius 2 is 2.35 bits per heavy atom. The van der Waals surface area contributed by atoms with E-state index in [9.17, 15) is 9.59 Å². The Balaban J connectivity index is 1.75. The molecule has 1 aliphatic rings. The maximum Gasteiger partial charge on any atom is 0.273 e. The topological polar surface area (TPSA) is 101 Å². The lowest BCUT2D eigenvalue weighted by Gasteiger charge is -2.15. The zero-order valence-corrected chi connectivity index (χ0v) is 13.9. The van der Waals surface area contributed by atoms with Gasteiger partial charge in [0.1, 0.15) is 6.26 Å². The highest BCUT2D eigenvalue weighted by molar-refractivity contribution is 5.91. The van der Waals surface area contributed by atoms with Gasteiger partial charge in [-0.2, -0.15) is 0 Å². The molecule has 2 amide bonds. The van der Waals surface area contributed by atoms with Crippen molar-refractivity contribution < 1.29 is 14.0 Å². The van der Waals surface area contributed by atoms with Crippen molar-refractivity contribution in [2.45, 2.75) is 45.6 Å². The summed E-state index contributed by atoms with van der Waals surface area (Å²) in [6.45, 7) is 6.08. The number of amides is 2. The molecule has 0 aromatic carbocycles. The summed E-state index contributed by atoms with van der Waals surface area (Å²) in [4.78, 5) is 29.5. The number of nitrogens with zero attached hydrogens (tertiary/aromatic N) is 2. The molecule has 1 aromatic rings. The molecule has 7 nitrogen and oxygen atoms in total. The quantitative estimate of drug-likeness (QED) is 0.706. The number of rotatable bonds is 8. The molecule has 0 saturated carbocycles. The first-order valence-electron chi connectivity index (χ1n) is 8.30. The van der Waals surface area contributed by atoms with Crippen LogP contribution in [0.1, 0.15) is 62.0 Å². The number of oxazole rings is 1. The predicted molar refractivity (Wildman–Crippen MR) is 85.7 cm³/mol. The molecule has 2 heterocycles. The van der Waals surface area contributed by atoms with Crippen LogP contribution in [0.2, 0.25) is 0 Å². The molecule has 2 atom stereocenters. The third kappa shape index (κ3) is 4.54. The second-order valence-electron chi connectivity index (χ2n) is 6.08. The van der Waals surface area contributed by atoms with Gasteiger partial charge in [-0.1, -0.05) is 20.3 Å². The van der Waals surface area contributed by atoms with Crippen LogP contribution in [0, 0.1) is 5.92 Å². The zero-order valence-electron chi connectivity index (χ0n) is 13.9. The summed E-state index contributed by atoms with van der Waals surface area (Å²) in [5, 5.41) is 2.79. The van der Waals surface area contributed by atoms with Crippen molar-refractivity contribution in [2.75, 3.05) is 19.6 Å². The first-order valence-corrected chi connectivity index (χ1v) is 8.30. The fraction of sp³-hybridized carbons (Fsp3) is 0.688. The van der Waals surface area contributed by atoms with Crippen molar-refractivity contribution in [3.05, 3.63) is 17.8 Å². The highest BCUT2D eigenvalue weighted by Crippen LogP contribution is 2.21. The number of carbonyl (C=O) groups excluding carboxylic acids is 2. The van der Waals surface area contributed by atoms with Crippen LogP contribution in [-0.2, 0) is 4.79 Å². The van der Waals surface area contributed by atoms with E-state index >= 15 is 0 Å². The highest BCUT2D eigenvalue weighted by Gasteiger charge is 2.21. The molecule has 2 rings (SSSR count). The van der Waals surface area contributed by atoms with Crippen molar-refractivity contribution in [3.8, 4) is 0 Å². The van der Waals surface area contributed by atoms with Gasteiger partial charge in [0.15, 0.2) is 5.69 Å². The van der Waals surface area contributed by atoms with E-state index in [0.717, 1.165) is 25.8 Å². The van der Waals surface area contributed by atoms with Crippen molar-refractivity contribution >= 4 is 11.8 Å². The molecular formula is C16H26N4O3. The van der Waals surface area contributed by atoms with Crippen molar-refractivity contribution in [1.82, 2.24) is 15.2 Å². The maximum absolute atomic E-state index is 12.0. The Hall–Kier alpha value is -1.89. The van der Waals surface area contributed by atoms with Crippen LogP contribution in [0.3, 0.4) is 0 Å². The summed E-state index contributed by atoms with van der Waals surface area (Å²) < 4.78 is 5.32. The number of carbonyl (C=O) groups is 2. The summed E-state index contributed by atoms with van der Waals surface area (Å²) in [7, 11) is 0. The standard InChI is InChI=1S/C16H26N4O3/c1-3-11(2)14(17)16-19-12(10-23-16)15(22)18-7-5-9-20-8-4-6-13(20)21/h10-11,14H,3-9,17H2,1-2H3,(H,18,22). The molecule has 0 aliphatic carbocycles. The second kappa shape index (κ2) is 8.10. The number of likely N-dealkylation sites (tertiary alicyclic amines) is 1. The summed E-state index contributed by atoms with van der Waals surface area (Å²) in [5.74, 6) is 0.565. The molecular weight excluding hydrogens is 296 g/mol. The van der Waals surface area contributed by atoms with E-state index in [4.69, 9.17) is 10.2 Å². The zero-order chi connectivity index (χ0) is 16.8. The van der Waals surface area contributed by atoms with Gasteiger partial charge in [-0.15, -0.1) is 0 Å². The van der Waals surface area contributed by atoms with Gasteiger partial charge < -0.3 is 20.4 Å². The first kappa shape index (κ1) is 17.5. The van der Waals surface area contributed by atoms with Gasteiger partial charge in [-0.05, 0) is 18.8 Å².